The Morgan fingerprint density at radius 1 is 1.24 bits per heavy atom. The van der Waals surface area contributed by atoms with Crippen molar-refractivity contribution < 1.29 is 27.5 Å². The Labute approximate surface area is 168 Å². The molecule has 1 aromatic heterocycles. The smallest absolute Gasteiger partial charge is 0.378 e. The number of thiazole rings is 1. The number of ether oxygens (including phenoxy) is 1. The van der Waals surface area contributed by atoms with Crippen LogP contribution in [0.25, 0.3) is 0 Å². The molecule has 2 N–H and O–H groups in total. The van der Waals surface area contributed by atoms with Crippen LogP contribution in [0.4, 0.5) is 18.3 Å². The van der Waals surface area contributed by atoms with E-state index in [9.17, 15) is 22.8 Å². The molecule has 29 heavy (non-hydrogen) atoms. The molecule has 0 atom stereocenters. The second kappa shape index (κ2) is 8.78. The molecule has 156 valence electrons. The molecule has 11 heteroatoms. The SMILES string of the molecule is Cc1nc(N2CCOCC2)sc1C(=O)NNC(=O)Cc1cccc(C(F)(F)F)c1. The van der Waals surface area contributed by atoms with Gasteiger partial charge in [0.1, 0.15) is 4.88 Å². The molecule has 1 saturated heterocycles. The lowest BCUT2D eigenvalue weighted by Crippen LogP contribution is -2.42. The van der Waals surface area contributed by atoms with Crippen molar-refractivity contribution in [3.63, 3.8) is 0 Å². The third-order valence-electron chi connectivity index (χ3n) is 4.21. The maximum absolute atomic E-state index is 12.7. The Balaban J connectivity index is 1.56. The van der Waals surface area contributed by atoms with Gasteiger partial charge in [-0.25, -0.2) is 4.98 Å². The summed E-state index contributed by atoms with van der Waals surface area (Å²) in [5, 5.41) is 0.700. The second-order valence-electron chi connectivity index (χ2n) is 6.39. The predicted molar refractivity (Wildman–Crippen MR) is 101 cm³/mol. The molecule has 0 radical (unpaired) electrons. The third kappa shape index (κ3) is 5.45. The van der Waals surface area contributed by atoms with Gasteiger partial charge in [-0.2, -0.15) is 13.2 Å². The van der Waals surface area contributed by atoms with Crippen LogP contribution in [-0.4, -0.2) is 43.1 Å². The number of hydrogen-bond donors (Lipinski definition) is 2. The molecule has 2 amide bonds. The van der Waals surface area contributed by atoms with Crippen molar-refractivity contribution >= 4 is 28.3 Å². The van der Waals surface area contributed by atoms with Gasteiger partial charge in [0.2, 0.25) is 5.91 Å². The molecule has 1 fully saturated rings. The van der Waals surface area contributed by atoms with Crippen molar-refractivity contribution in [2.75, 3.05) is 31.2 Å². The van der Waals surface area contributed by atoms with Gasteiger partial charge in [-0.05, 0) is 18.6 Å². The van der Waals surface area contributed by atoms with Crippen LogP contribution in [0.15, 0.2) is 24.3 Å². The Morgan fingerprint density at radius 3 is 2.66 bits per heavy atom. The van der Waals surface area contributed by atoms with Crippen LogP contribution in [0.3, 0.4) is 0 Å². The van der Waals surface area contributed by atoms with Gasteiger partial charge in [0.15, 0.2) is 5.13 Å². The van der Waals surface area contributed by atoms with E-state index < -0.39 is 23.6 Å². The Hall–Kier alpha value is -2.66. The number of anilines is 1. The summed E-state index contributed by atoms with van der Waals surface area (Å²) in [6, 6.07) is 4.49. The lowest BCUT2D eigenvalue weighted by Gasteiger charge is -2.25. The highest BCUT2D eigenvalue weighted by molar-refractivity contribution is 7.17. The molecule has 0 unspecified atom stereocenters. The fourth-order valence-corrected chi connectivity index (χ4v) is 3.77. The van der Waals surface area contributed by atoms with Crippen LogP contribution < -0.4 is 15.8 Å². The van der Waals surface area contributed by atoms with E-state index in [0.29, 0.717) is 42.0 Å². The summed E-state index contributed by atoms with van der Waals surface area (Å²) >= 11 is 1.21. The largest absolute Gasteiger partial charge is 0.416 e. The number of rotatable bonds is 4. The van der Waals surface area contributed by atoms with Crippen LogP contribution in [0, 0.1) is 6.92 Å². The van der Waals surface area contributed by atoms with Crippen molar-refractivity contribution in [3.8, 4) is 0 Å². The quantitative estimate of drug-likeness (QED) is 0.731. The zero-order chi connectivity index (χ0) is 21.0. The standard InChI is InChI=1S/C18H19F3N4O3S/c1-11-15(29-17(22-11)25-5-7-28-8-6-25)16(27)24-23-14(26)10-12-3-2-4-13(9-12)18(19,20)21/h2-4,9H,5-8,10H2,1H3,(H,23,26)(H,24,27). The first kappa shape index (κ1) is 21.1. The van der Waals surface area contributed by atoms with E-state index in [1.807, 2.05) is 4.90 Å². The molecule has 2 aromatic rings. The predicted octanol–water partition coefficient (Wildman–Crippen LogP) is 2.31. The van der Waals surface area contributed by atoms with Crippen molar-refractivity contribution in [2.24, 2.45) is 0 Å². The fourth-order valence-electron chi connectivity index (χ4n) is 2.75. The summed E-state index contributed by atoms with van der Waals surface area (Å²) in [6.07, 6.45) is -4.78. The molecule has 0 bridgehead atoms. The summed E-state index contributed by atoms with van der Waals surface area (Å²) in [5.41, 5.74) is 4.40. The van der Waals surface area contributed by atoms with Gasteiger partial charge >= 0.3 is 6.18 Å². The third-order valence-corrected chi connectivity index (χ3v) is 5.42. The van der Waals surface area contributed by atoms with Crippen LogP contribution in [0.5, 0.6) is 0 Å². The van der Waals surface area contributed by atoms with Gasteiger partial charge < -0.3 is 9.64 Å². The van der Waals surface area contributed by atoms with Gasteiger partial charge in [0.05, 0.1) is 30.9 Å². The molecule has 7 nitrogen and oxygen atoms in total. The van der Waals surface area contributed by atoms with Crippen LogP contribution in [-0.2, 0) is 22.1 Å². The van der Waals surface area contributed by atoms with E-state index in [1.165, 1.54) is 23.5 Å². The molecular weight excluding hydrogens is 409 g/mol. The van der Waals surface area contributed by atoms with Gasteiger partial charge in [-0.3, -0.25) is 20.4 Å². The molecule has 1 aliphatic rings. The maximum atomic E-state index is 12.7. The molecule has 0 spiro atoms. The van der Waals surface area contributed by atoms with Crippen molar-refractivity contribution in [2.45, 2.75) is 19.5 Å². The van der Waals surface area contributed by atoms with E-state index in [4.69, 9.17) is 4.74 Å². The summed E-state index contributed by atoms with van der Waals surface area (Å²) in [6.45, 7) is 4.24. The maximum Gasteiger partial charge on any atom is 0.416 e. The number of amides is 2. The van der Waals surface area contributed by atoms with Crippen LogP contribution in [0.2, 0.25) is 0 Å². The minimum absolute atomic E-state index is 0.190. The molecular formula is C18H19F3N4O3S. The Kier molecular flexibility index (Phi) is 6.38. The monoisotopic (exact) mass is 428 g/mol. The highest BCUT2D eigenvalue weighted by Crippen LogP contribution is 2.29. The number of halogens is 3. The zero-order valence-corrected chi connectivity index (χ0v) is 16.3. The number of nitrogens with zero attached hydrogens (tertiary/aromatic N) is 2. The molecule has 0 saturated carbocycles. The number of alkyl halides is 3. The number of hydrogen-bond acceptors (Lipinski definition) is 6. The molecule has 1 aromatic carbocycles. The average Bonchev–Trinajstić information content (AvgIpc) is 3.08. The Bertz CT molecular complexity index is 895. The van der Waals surface area contributed by atoms with Crippen LogP contribution >= 0.6 is 11.3 Å². The van der Waals surface area contributed by atoms with Crippen molar-refractivity contribution in [1.29, 1.82) is 0 Å². The summed E-state index contributed by atoms with van der Waals surface area (Å²) < 4.78 is 43.5. The number of carbonyl (C=O) groups excluding carboxylic acids is 2. The number of nitrogens with one attached hydrogen (secondary N) is 2. The topological polar surface area (TPSA) is 83.6 Å². The van der Waals surface area contributed by atoms with Gasteiger partial charge in [0, 0.05) is 13.1 Å². The van der Waals surface area contributed by atoms with Crippen molar-refractivity contribution in [3.05, 3.63) is 46.0 Å². The second-order valence-corrected chi connectivity index (χ2v) is 7.37. The average molecular weight is 428 g/mol. The molecule has 3 rings (SSSR count). The zero-order valence-electron chi connectivity index (χ0n) is 15.5. The van der Waals surface area contributed by atoms with Gasteiger partial charge in [-0.1, -0.05) is 29.5 Å². The summed E-state index contributed by atoms with van der Waals surface area (Å²) in [4.78, 5) is 31.1. The number of aromatic nitrogens is 1. The van der Waals surface area contributed by atoms with E-state index in [1.54, 1.807) is 6.92 Å². The van der Waals surface area contributed by atoms with E-state index >= 15 is 0 Å². The number of benzene rings is 1. The highest BCUT2D eigenvalue weighted by Gasteiger charge is 2.30. The number of hydrazine groups is 1. The Morgan fingerprint density at radius 2 is 1.97 bits per heavy atom. The molecule has 2 heterocycles. The first-order chi connectivity index (χ1) is 13.7. The minimum atomic E-state index is -4.48. The van der Waals surface area contributed by atoms with E-state index in [0.717, 1.165) is 12.1 Å². The number of carbonyl (C=O) groups is 2. The van der Waals surface area contributed by atoms with Crippen molar-refractivity contribution in [1.82, 2.24) is 15.8 Å². The minimum Gasteiger partial charge on any atom is -0.378 e. The van der Waals surface area contributed by atoms with Gasteiger partial charge in [0.25, 0.3) is 5.91 Å². The number of aryl methyl sites for hydroxylation is 1. The molecule has 0 aliphatic carbocycles. The number of morpholine rings is 1. The fraction of sp³-hybridized carbons (Fsp3) is 0.389. The van der Waals surface area contributed by atoms with Gasteiger partial charge in [-0.15, -0.1) is 0 Å². The van der Waals surface area contributed by atoms with E-state index in [2.05, 4.69) is 15.8 Å². The lowest BCUT2D eigenvalue weighted by molar-refractivity contribution is -0.137. The summed E-state index contributed by atoms with van der Waals surface area (Å²) in [5.74, 6) is -1.16. The molecule has 1 aliphatic heterocycles. The first-order valence-corrected chi connectivity index (χ1v) is 9.61. The normalized spacial score (nSPS) is 14.6. The first-order valence-electron chi connectivity index (χ1n) is 8.79. The van der Waals surface area contributed by atoms with E-state index in [-0.39, 0.29) is 12.0 Å². The summed E-state index contributed by atoms with van der Waals surface area (Å²) in [7, 11) is 0. The lowest BCUT2D eigenvalue weighted by atomic mass is 10.1. The highest BCUT2D eigenvalue weighted by atomic mass is 32.1. The van der Waals surface area contributed by atoms with Crippen LogP contribution in [0.1, 0.15) is 26.5 Å².